The second-order valence-electron chi connectivity index (χ2n) is 4.25. The molecule has 0 aliphatic carbocycles. The van der Waals surface area contributed by atoms with Crippen LogP contribution in [0.25, 0.3) is 5.69 Å². The minimum absolute atomic E-state index is 0.0931. The third-order valence-corrected chi connectivity index (χ3v) is 2.78. The van der Waals surface area contributed by atoms with E-state index in [9.17, 15) is 43.5 Å². The molecule has 1 heterocycles. The van der Waals surface area contributed by atoms with Crippen molar-refractivity contribution in [2.24, 2.45) is 0 Å². The summed E-state index contributed by atoms with van der Waals surface area (Å²) >= 11 is 0. The van der Waals surface area contributed by atoms with Crippen LogP contribution in [0.4, 0.5) is 30.4 Å². The zero-order valence-electron chi connectivity index (χ0n) is 11.1. The summed E-state index contributed by atoms with van der Waals surface area (Å²) in [5, 5.41) is 35.9. The molecular formula is C10H4F3N5O6. The maximum atomic E-state index is 12.8. The molecular weight excluding hydrogens is 343 g/mol. The molecule has 0 unspecified atom stereocenters. The van der Waals surface area contributed by atoms with E-state index in [0.717, 1.165) is 12.3 Å². The molecule has 2 aromatic rings. The van der Waals surface area contributed by atoms with Gasteiger partial charge in [0.2, 0.25) is 5.69 Å². The van der Waals surface area contributed by atoms with Gasteiger partial charge in [-0.2, -0.15) is 13.2 Å². The van der Waals surface area contributed by atoms with Gasteiger partial charge < -0.3 is 10.1 Å². The molecule has 24 heavy (non-hydrogen) atoms. The summed E-state index contributed by atoms with van der Waals surface area (Å²) in [6, 6.07) is 0.969. The lowest BCUT2D eigenvalue weighted by atomic mass is 10.1. The number of nitro groups is 3. The van der Waals surface area contributed by atoms with E-state index in [1.54, 1.807) is 0 Å². The van der Waals surface area contributed by atoms with Crippen molar-refractivity contribution in [3.63, 3.8) is 0 Å². The number of hydrogen-bond donors (Lipinski definition) is 0. The van der Waals surface area contributed by atoms with E-state index in [1.807, 2.05) is 0 Å². The zero-order valence-corrected chi connectivity index (χ0v) is 11.1. The fourth-order valence-corrected chi connectivity index (χ4v) is 1.82. The van der Waals surface area contributed by atoms with Crippen LogP contribution in [0.2, 0.25) is 0 Å². The van der Waals surface area contributed by atoms with Gasteiger partial charge in [0.25, 0.3) is 0 Å². The Labute approximate surface area is 128 Å². The molecule has 0 spiro atoms. The van der Waals surface area contributed by atoms with Crippen LogP contribution >= 0.6 is 0 Å². The Morgan fingerprint density at radius 2 is 1.46 bits per heavy atom. The van der Waals surface area contributed by atoms with Crippen LogP contribution in [-0.2, 0) is 6.18 Å². The fourth-order valence-electron chi connectivity index (χ4n) is 1.82. The lowest BCUT2D eigenvalue weighted by Gasteiger charge is -2.08. The molecule has 0 fully saturated rings. The summed E-state index contributed by atoms with van der Waals surface area (Å²) in [6.07, 6.45) is -4.27. The minimum atomic E-state index is -5.07. The Balaban J connectivity index is 2.83. The minimum Gasteiger partial charge on any atom is -0.358 e. The van der Waals surface area contributed by atoms with Gasteiger partial charge in [0.1, 0.15) is 0 Å². The van der Waals surface area contributed by atoms with E-state index in [4.69, 9.17) is 0 Å². The molecule has 0 bridgehead atoms. The first-order valence-electron chi connectivity index (χ1n) is 5.77. The number of hydrogen-bond acceptors (Lipinski definition) is 7. The molecule has 0 radical (unpaired) electrons. The van der Waals surface area contributed by atoms with Gasteiger partial charge in [-0.25, -0.2) is 0 Å². The molecule has 126 valence electrons. The SMILES string of the molecule is O=[N+]([O-])c1ccn(-c2c([N+](=O)[O-])cc(C(F)(F)F)cc2[N+](=O)[O-])n1. The Hall–Kier alpha value is -3.58. The van der Waals surface area contributed by atoms with Crippen molar-refractivity contribution in [3.05, 3.63) is 60.3 Å². The Morgan fingerprint density at radius 1 is 0.958 bits per heavy atom. The lowest BCUT2D eigenvalue weighted by molar-refractivity contribution is -0.394. The smallest absolute Gasteiger partial charge is 0.358 e. The summed E-state index contributed by atoms with van der Waals surface area (Å²) < 4.78 is 38.7. The zero-order chi connectivity index (χ0) is 18.2. The van der Waals surface area contributed by atoms with E-state index >= 15 is 0 Å². The summed E-state index contributed by atoms with van der Waals surface area (Å²) in [7, 11) is 0. The van der Waals surface area contributed by atoms with Crippen molar-refractivity contribution in [1.82, 2.24) is 9.78 Å². The van der Waals surface area contributed by atoms with Gasteiger partial charge in [-0.15, -0.1) is 4.68 Å². The van der Waals surface area contributed by atoms with Gasteiger partial charge in [-0.05, 0) is 4.92 Å². The summed E-state index contributed by atoms with van der Waals surface area (Å²) in [5.41, 5.74) is -5.07. The third-order valence-electron chi connectivity index (χ3n) is 2.78. The number of halogens is 3. The normalized spacial score (nSPS) is 11.3. The average molecular weight is 347 g/mol. The third kappa shape index (κ3) is 2.96. The first-order chi connectivity index (χ1) is 11.0. The van der Waals surface area contributed by atoms with Gasteiger partial charge in [0, 0.05) is 12.1 Å². The molecule has 11 nitrogen and oxygen atoms in total. The maximum absolute atomic E-state index is 12.8. The Morgan fingerprint density at radius 3 is 1.79 bits per heavy atom. The summed E-state index contributed by atoms with van der Waals surface area (Å²) in [5.74, 6) is -0.793. The van der Waals surface area contributed by atoms with Crippen LogP contribution in [0, 0.1) is 30.3 Å². The predicted octanol–water partition coefficient (Wildman–Crippen LogP) is 2.62. The van der Waals surface area contributed by atoms with Crippen LogP contribution in [0.5, 0.6) is 0 Å². The molecule has 1 aromatic heterocycles. The first-order valence-corrected chi connectivity index (χ1v) is 5.77. The van der Waals surface area contributed by atoms with Gasteiger partial charge in [0.15, 0.2) is 0 Å². The molecule has 0 atom stereocenters. The van der Waals surface area contributed by atoms with Crippen LogP contribution in [-0.4, -0.2) is 24.6 Å². The average Bonchev–Trinajstić information content (AvgIpc) is 2.94. The summed E-state index contributed by atoms with van der Waals surface area (Å²) in [4.78, 5) is 29.1. The van der Waals surface area contributed by atoms with Crippen molar-refractivity contribution in [3.8, 4) is 5.69 Å². The second kappa shape index (κ2) is 5.56. The molecule has 14 heteroatoms. The van der Waals surface area contributed by atoms with Gasteiger partial charge in [0.05, 0.1) is 32.8 Å². The highest BCUT2D eigenvalue weighted by Crippen LogP contribution is 2.39. The quantitative estimate of drug-likeness (QED) is 0.609. The van der Waals surface area contributed by atoms with Crippen molar-refractivity contribution in [2.75, 3.05) is 0 Å². The molecule has 1 aromatic carbocycles. The molecule has 0 aliphatic heterocycles. The van der Waals surface area contributed by atoms with Crippen LogP contribution in [0.15, 0.2) is 24.4 Å². The fraction of sp³-hybridized carbons (Fsp3) is 0.100. The number of rotatable bonds is 4. The van der Waals surface area contributed by atoms with E-state index in [0.29, 0.717) is 4.68 Å². The number of nitro benzene ring substituents is 2. The Kier molecular flexibility index (Phi) is 3.89. The van der Waals surface area contributed by atoms with E-state index in [-0.39, 0.29) is 12.1 Å². The Bertz CT molecular complexity index is 826. The standard InChI is InChI=1S/C10H4F3N5O6/c11-10(12,13)5-3-6(16(19)20)9(7(4-5)17(21)22)15-2-1-8(14-15)18(23)24/h1-4H. The summed E-state index contributed by atoms with van der Waals surface area (Å²) in [6.45, 7) is 0. The lowest BCUT2D eigenvalue weighted by Crippen LogP contribution is -2.11. The highest BCUT2D eigenvalue weighted by atomic mass is 19.4. The van der Waals surface area contributed by atoms with E-state index < -0.39 is 49.4 Å². The topological polar surface area (TPSA) is 147 Å². The van der Waals surface area contributed by atoms with Gasteiger partial charge in [-0.3, -0.25) is 20.2 Å². The largest absolute Gasteiger partial charge is 0.416 e. The number of alkyl halides is 3. The predicted molar refractivity (Wildman–Crippen MR) is 68.5 cm³/mol. The van der Waals surface area contributed by atoms with E-state index in [2.05, 4.69) is 5.10 Å². The highest BCUT2D eigenvalue weighted by molar-refractivity contribution is 5.67. The van der Waals surface area contributed by atoms with Gasteiger partial charge >= 0.3 is 23.4 Å². The van der Waals surface area contributed by atoms with Crippen LogP contribution < -0.4 is 0 Å². The first kappa shape index (κ1) is 16.8. The molecule has 0 N–H and O–H groups in total. The van der Waals surface area contributed by atoms with Crippen molar-refractivity contribution >= 4 is 17.2 Å². The van der Waals surface area contributed by atoms with Crippen molar-refractivity contribution < 1.29 is 27.9 Å². The number of benzene rings is 1. The van der Waals surface area contributed by atoms with Crippen LogP contribution in [0.1, 0.15) is 5.56 Å². The number of aromatic nitrogens is 2. The molecule has 0 amide bonds. The number of nitrogens with zero attached hydrogens (tertiary/aromatic N) is 5. The van der Waals surface area contributed by atoms with Crippen molar-refractivity contribution in [1.29, 1.82) is 0 Å². The molecule has 2 rings (SSSR count). The van der Waals surface area contributed by atoms with E-state index in [1.165, 1.54) is 0 Å². The molecule has 0 saturated heterocycles. The molecule has 0 aliphatic rings. The maximum Gasteiger partial charge on any atom is 0.416 e. The highest BCUT2D eigenvalue weighted by Gasteiger charge is 2.39. The molecule has 0 saturated carbocycles. The second-order valence-corrected chi connectivity index (χ2v) is 4.25. The van der Waals surface area contributed by atoms with Crippen molar-refractivity contribution in [2.45, 2.75) is 6.18 Å². The van der Waals surface area contributed by atoms with Crippen LogP contribution in [0.3, 0.4) is 0 Å². The van der Waals surface area contributed by atoms with Gasteiger partial charge in [-0.1, -0.05) is 0 Å². The monoisotopic (exact) mass is 347 g/mol.